The molecule has 2 saturated heterocycles. The first-order valence-electron chi connectivity index (χ1n) is 11.4. The van der Waals surface area contributed by atoms with Crippen LogP contribution < -0.4 is 5.32 Å². The molecule has 7 nitrogen and oxygen atoms in total. The van der Waals surface area contributed by atoms with Crippen molar-refractivity contribution in [2.75, 3.05) is 13.1 Å². The smallest absolute Gasteiger partial charge is 0.317 e. The molecule has 0 aromatic carbocycles. The van der Waals surface area contributed by atoms with Gasteiger partial charge >= 0.3 is 6.03 Å². The van der Waals surface area contributed by atoms with Crippen molar-refractivity contribution in [3.63, 3.8) is 0 Å². The Balaban J connectivity index is 1.63. The Labute approximate surface area is 193 Å². The maximum absolute atomic E-state index is 13.2. The molecule has 2 heterocycles. The summed E-state index contributed by atoms with van der Waals surface area (Å²) in [5.74, 6) is -2.00. The van der Waals surface area contributed by atoms with Crippen LogP contribution in [0.1, 0.15) is 33.1 Å². The molecule has 0 saturated carbocycles. The lowest BCUT2D eigenvalue weighted by Crippen LogP contribution is -2.60. The standard InChI is InChI=1S/C24H30ClN3O4/c1-3-6-14(2)26-24(32)27-12-11-17-18(25)9-10-20(29)21(17)19(27)13-28-22(30)15-7-4-5-8-16(15)23(28)31/h4-5,7-10,14-16,19-21,29H,3,6,11-13H2,1-2H3,(H,26,32)/t14?,15?,16?,19-,20?,21?/m1/s1. The molecule has 2 aliphatic carbocycles. The fourth-order valence-corrected chi connectivity index (χ4v) is 5.59. The molecule has 0 aromatic rings. The van der Waals surface area contributed by atoms with E-state index in [0.29, 0.717) is 18.0 Å². The Bertz CT molecular complexity index is 894. The molecular weight excluding hydrogens is 430 g/mol. The van der Waals surface area contributed by atoms with Gasteiger partial charge in [-0.3, -0.25) is 14.5 Å². The molecule has 4 aliphatic rings. The van der Waals surface area contributed by atoms with Crippen molar-refractivity contribution >= 4 is 29.4 Å². The molecule has 8 heteroatoms. The lowest BCUT2D eigenvalue weighted by molar-refractivity contribution is -0.141. The van der Waals surface area contributed by atoms with Crippen LogP contribution in [0.5, 0.6) is 0 Å². The third kappa shape index (κ3) is 4.04. The molecule has 172 valence electrons. The third-order valence-electron chi connectivity index (χ3n) is 6.91. The number of nitrogens with one attached hydrogen (secondary N) is 1. The third-order valence-corrected chi connectivity index (χ3v) is 7.28. The second kappa shape index (κ2) is 9.24. The zero-order valence-corrected chi connectivity index (χ0v) is 19.2. The zero-order valence-electron chi connectivity index (χ0n) is 18.4. The minimum atomic E-state index is -0.851. The summed E-state index contributed by atoms with van der Waals surface area (Å²) in [5.41, 5.74) is 0.869. The predicted octanol–water partition coefficient (Wildman–Crippen LogP) is 2.73. The van der Waals surface area contributed by atoms with Gasteiger partial charge in [-0.1, -0.05) is 55.3 Å². The maximum Gasteiger partial charge on any atom is 0.317 e. The van der Waals surface area contributed by atoms with Gasteiger partial charge in [0.25, 0.3) is 0 Å². The van der Waals surface area contributed by atoms with E-state index >= 15 is 0 Å². The van der Waals surface area contributed by atoms with Gasteiger partial charge in [0.2, 0.25) is 11.8 Å². The molecule has 0 spiro atoms. The number of carbonyl (C=O) groups excluding carboxylic acids is 3. The number of allylic oxidation sites excluding steroid dienone is 4. The monoisotopic (exact) mass is 459 g/mol. The van der Waals surface area contributed by atoms with Crippen LogP contribution in [0.2, 0.25) is 0 Å². The van der Waals surface area contributed by atoms with Gasteiger partial charge in [-0.15, -0.1) is 0 Å². The first-order valence-corrected chi connectivity index (χ1v) is 11.7. The van der Waals surface area contributed by atoms with E-state index in [9.17, 15) is 19.5 Å². The van der Waals surface area contributed by atoms with Crippen molar-refractivity contribution in [3.05, 3.63) is 47.1 Å². The number of imide groups is 1. The van der Waals surface area contributed by atoms with Crippen LogP contribution in [0.15, 0.2) is 47.1 Å². The first-order chi connectivity index (χ1) is 15.3. The van der Waals surface area contributed by atoms with Crippen molar-refractivity contribution in [2.24, 2.45) is 17.8 Å². The summed E-state index contributed by atoms with van der Waals surface area (Å²) in [4.78, 5) is 42.2. The van der Waals surface area contributed by atoms with Crippen molar-refractivity contribution in [1.29, 1.82) is 0 Å². The average Bonchev–Trinajstić information content (AvgIpc) is 3.01. The van der Waals surface area contributed by atoms with Gasteiger partial charge in [0.05, 0.1) is 24.0 Å². The Hall–Kier alpha value is -2.38. The number of hydrogen-bond donors (Lipinski definition) is 2. The van der Waals surface area contributed by atoms with E-state index in [-0.39, 0.29) is 30.4 Å². The summed E-state index contributed by atoms with van der Waals surface area (Å²) in [6.07, 6.45) is 11.8. The minimum Gasteiger partial charge on any atom is -0.388 e. The Kier molecular flexibility index (Phi) is 6.58. The number of aliphatic hydroxyl groups excluding tert-OH is 1. The van der Waals surface area contributed by atoms with E-state index in [4.69, 9.17) is 11.6 Å². The highest BCUT2D eigenvalue weighted by molar-refractivity contribution is 6.31. The van der Waals surface area contributed by atoms with E-state index in [0.717, 1.165) is 18.4 Å². The molecule has 6 atom stereocenters. The molecule has 0 bridgehead atoms. The van der Waals surface area contributed by atoms with Crippen LogP contribution >= 0.6 is 11.6 Å². The fraction of sp³-hybridized carbons (Fsp3) is 0.542. The van der Waals surface area contributed by atoms with Crippen LogP contribution in [-0.4, -0.2) is 64.0 Å². The lowest BCUT2D eigenvalue weighted by Gasteiger charge is -2.46. The van der Waals surface area contributed by atoms with Gasteiger partial charge in [0, 0.05) is 30.1 Å². The second-order valence-corrected chi connectivity index (χ2v) is 9.41. The van der Waals surface area contributed by atoms with Crippen LogP contribution in [0.3, 0.4) is 0 Å². The van der Waals surface area contributed by atoms with E-state index < -0.39 is 29.9 Å². The number of rotatable bonds is 5. The molecule has 2 fully saturated rings. The lowest BCUT2D eigenvalue weighted by atomic mass is 9.77. The molecular formula is C24H30ClN3O4. The van der Waals surface area contributed by atoms with Crippen LogP contribution in [0.25, 0.3) is 0 Å². The van der Waals surface area contributed by atoms with Crippen molar-refractivity contribution in [1.82, 2.24) is 15.1 Å². The largest absolute Gasteiger partial charge is 0.388 e. The quantitative estimate of drug-likeness (QED) is 0.618. The zero-order chi connectivity index (χ0) is 23.0. The molecule has 4 rings (SSSR count). The van der Waals surface area contributed by atoms with Crippen molar-refractivity contribution in [3.8, 4) is 0 Å². The summed E-state index contributed by atoms with van der Waals surface area (Å²) in [6.45, 7) is 4.45. The second-order valence-electron chi connectivity index (χ2n) is 9.01. The van der Waals surface area contributed by atoms with E-state index in [1.54, 1.807) is 41.4 Å². The summed E-state index contributed by atoms with van der Waals surface area (Å²) >= 11 is 6.44. The van der Waals surface area contributed by atoms with Gasteiger partial charge in [0.1, 0.15) is 0 Å². The van der Waals surface area contributed by atoms with E-state index in [1.807, 2.05) is 6.92 Å². The van der Waals surface area contributed by atoms with Crippen LogP contribution in [-0.2, 0) is 9.59 Å². The Morgan fingerprint density at radius 2 is 1.88 bits per heavy atom. The first kappa shape index (κ1) is 22.8. The number of halogens is 1. The Morgan fingerprint density at radius 1 is 1.22 bits per heavy atom. The SMILES string of the molecule is CCCC(C)NC(=O)N1CCC2=C(Cl)C=CC(O)C2[C@H]1CN1C(=O)C2C=CC=CC2C1=O. The summed E-state index contributed by atoms with van der Waals surface area (Å²) in [7, 11) is 0. The highest BCUT2D eigenvalue weighted by Crippen LogP contribution is 2.40. The molecule has 2 N–H and O–H groups in total. The number of urea groups is 1. The molecule has 5 unspecified atom stereocenters. The number of amides is 4. The number of aliphatic hydroxyl groups is 1. The minimum absolute atomic E-state index is 0.00181. The van der Waals surface area contributed by atoms with E-state index in [1.165, 1.54) is 4.90 Å². The highest BCUT2D eigenvalue weighted by atomic mass is 35.5. The number of likely N-dealkylation sites (tertiary alicyclic amines) is 2. The van der Waals surface area contributed by atoms with Crippen molar-refractivity contribution < 1.29 is 19.5 Å². The highest BCUT2D eigenvalue weighted by Gasteiger charge is 2.50. The van der Waals surface area contributed by atoms with Crippen LogP contribution in [0.4, 0.5) is 4.79 Å². The number of fused-ring (bicyclic) bond motifs is 2. The van der Waals surface area contributed by atoms with Gasteiger partial charge in [-0.25, -0.2) is 4.79 Å². The van der Waals surface area contributed by atoms with Gasteiger partial charge in [-0.2, -0.15) is 0 Å². The Morgan fingerprint density at radius 3 is 2.50 bits per heavy atom. The fourth-order valence-electron chi connectivity index (χ4n) is 5.30. The molecule has 0 aromatic heterocycles. The number of hydrogen-bond acceptors (Lipinski definition) is 4. The van der Waals surface area contributed by atoms with Gasteiger partial charge in [0.15, 0.2) is 0 Å². The molecule has 0 radical (unpaired) electrons. The summed E-state index contributed by atoms with van der Waals surface area (Å²) in [5, 5.41) is 14.4. The molecule has 4 amide bonds. The van der Waals surface area contributed by atoms with Crippen LogP contribution in [0, 0.1) is 17.8 Å². The molecule has 32 heavy (non-hydrogen) atoms. The van der Waals surface area contributed by atoms with Gasteiger partial charge in [-0.05, 0) is 31.4 Å². The average molecular weight is 460 g/mol. The number of carbonyl (C=O) groups is 3. The number of nitrogens with zero attached hydrogens (tertiary/aromatic N) is 2. The van der Waals surface area contributed by atoms with Crippen molar-refractivity contribution in [2.45, 2.75) is 51.3 Å². The normalized spacial score (nSPS) is 32.3. The topological polar surface area (TPSA) is 90.0 Å². The van der Waals surface area contributed by atoms with E-state index in [2.05, 4.69) is 12.2 Å². The van der Waals surface area contributed by atoms with Gasteiger partial charge < -0.3 is 15.3 Å². The summed E-state index contributed by atoms with van der Waals surface area (Å²) < 4.78 is 0. The number of piperidine rings is 1. The maximum atomic E-state index is 13.2. The summed E-state index contributed by atoms with van der Waals surface area (Å²) in [6, 6.07) is -0.815. The molecule has 2 aliphatic heterocycles. The predicted molar refractivity (Wildman–Crippen MR) is 122 cm³/mol.